The first-order valence-corrected chi connectivity index (χ1v) is 5.59. The van der Waals surface area contributed by atoms with Gasteiger partial charge in [-0.3, -0.25) is 3.96 Å². The fourth-order valence-electron chi connectivity index (χ4n) is 1.28. The average Bonchev–Trinajstić information content (AvgIpc) is 2.48. The molecule has 0 amide bonds. The Balaban J connectivity index is 2.49. The molecule has 0 aliphatic carbocycles. The molecule has 2 rings (SSSR count). The van der Waals surface area contributed by atoms with Crippen LogP contribution in [-0.2, 0) is 7.05 Å². The van der Waals surface area contributed by atoms with Crippen LogP contribution in [0.2, 0.25) is 0 Å². The minimum atomic E-state index is 0.894. The van der Waals surface area contributed by atoms with Gasteiger partial charge in [0.1, 0.15) is 4.64 Å². The highest BCUT2D eigenvalue weighted by Crippen LogP contribution is 2.25. The van der Waals surface area contributed by atoms with Crippen molar-refractivity contribution in [2.75, 3.05) is 0 Å². The van der Waals surface area contributed by atoms with Crippen molar-refractivity contribution in [2.45, 2.75) is 6.92 Å². The van der Waals surface area contributed by atoms with Gasteiger partial charge in [0, 0.05) is 7.05 Å². The summed E-state index contributed by atoms with van der Waals surface area (Å²) < 4.78 is 2.90. The van der Waals surface area contributed by atoms with Crippen LogP contribution in [0.4, 0.5) is 0 Å². The summed E-state index contributed by atoms with van der Waals surface area (Å²) in [5.74, 6) is 0. The molecule has 0 radical (unpaired) electrons. The van der Waals surface area contributed by atoms with Gasteiger partial charge in [0.05, 0.1) is 4.88 Å². The molecule has 0 unspecified atom stereocenters. The predicted molar refractivity (Wildman–Crippen MR) is 64.3 cm³/mol. The number of aromatic nitrogens is 1. The summed E-state index contributed by atoms with van der Waals surface area (Å²) in [5, 5.41) is 0. The van der Waals surface area contributed by atoms with E-state index in [0.717, 1.165) is 4.64 Å². The lowest BCUT2D eigenvalue weighted by Crippen LogP contribution is -1.76. The Morgan fingerprint density at radius 2 is 1.86 bits per heavy atom. The number of rotatable bonds is 1. The number of aryl methyl sites for hydroxylation is 2. The van der Waals surface area contributed by atoms with Crippen LogP contribution in [0.3, 0.4) is 0 Å². The second kappa shape index (κ2) is 3.67. The van der Waals surface area contributed by atoms with Crippen molar-refractivity contribution >= 4 is 23.8 Å². The number of nitrogens with zero attached hydrogens (tertiary/aromatic N) is 1. The SMILES string of the molecule is Cc1ccc(-c2cc(=S)n(C)s2)cc1. The van der Waals surface area contributed by atoms with Gasteiger partial charge in [0.15, 0.2) is 0 Å². The van der Waals surface area contributed by atoms with Gasteiger partial charge in [0.25, 0.3) is 0 Å². The molecular formula is C11H11NS2. The summed E-state index contributed by atoms with van der Waals surface area (Å²) in [6.45, 7) is 2.09. The molecular weight excluding hydrogens is 210 g/mol. The molecule has 0 atom stereocenters. The van der Waals surface area contributed by atoms with E-state index in [0.29, 0.717) is 0 Å². The van der Waals surface area contributed by atoms with Gasteiger partial charge in [-0.1, -0.05) is 53.6 Å². The standard InChI is InChI=1S/C11H11NS2/c1-8-3-5-9(6-4-8)10-7-11(13)12(2)14-10/h3-7H,1-2H3. The maximum Gasteiger partial charge on any atom is 0.116 e. The summed E-state index contributed by atoms with van der Waals surface area (Å²) >= 11 is 6.86. The van der Waals surface area contributed by atoms with Crippen LogP contribution >= 0.6 is 23.8 Å². The Morgan fingerprint density at radius 1 is 1.21 bits per heavy atom. The normalized spacial score (nSPS) is 10.4. The van der Waals surface area contributed by atoms with E-state index in [1.54, 1.807) is 11.5 Å². The molecule has 1 heterocycles. The number of benzene rings is 1. The second-order valence-corrected chi connectivity index (χ2v) is 4.89. The molecule has 0 bridgehead atoms. The third-order valence-electron chi connectivity index (χ3n) is 2.14. The molecule has 0 spiro atoms. The van der Waals surface area contributed by atoms with Gasteiger partial charge in [-0.25, -0.2) is 0 Å². The lowest BCUT2D eigenvalue weighted by Gasteiger charge is -1.96. The van der Waals surface area contributed by atoms with Crippen LogP contribution in [0.25, 0.3) is 10.4 Å². The lowest BCUT2D eigenvalue weighted by atomic mass is 10.1. The van der Waals surface area contributed by atoms with Crippen molar-refractivity contribution in [3.63, 3.8) is 0 Å². The summed E-state index contributed by atoms with van der Waals surface area (Å²) in [5.41, 5.74) is 2.53. The molecule has 2 aromatic rings. The molecule has 0 saturated heterocycles. The molecule has 14 heavy (non-hydrogen) atoms. The van der Waals surface area contributed by atoms with Crippen LogP contribution in [0, 0.1) is 11.6 Å². The van der Waals surface area contributed by atoms with E-state index in [9.17, 15) is 0 Å². The largest absolute Gasteiger partial charge is 0.291 e. The Kier molecular flexibility index (Phi) is 2.52. The topological polar surface area (TPSA) is 4.93 Å². The van der Waals surface area contributed by atoms with Crippen molar-refractivity contribution in [1.82, 2.24) is 3.96 Å². The van der Waals surface area contributed by atoms with Crippen molar-refractivity contribution in [1.29, 1.82) is 0 Å². The first-order chi connectivity index (χ1) is 6.66. The van der Waals surface area contributed by atoms with Crippen molar-refractivity contribution < 1.29 is 0 Å². The molecule has 0 aliphatic rings. The van der Waals surface area contributed by atoms with Gasteiger partial charge in [-0.15, -0.1) is 0 Å². The van der Waals surface area contributed by atoms with E-state index in [1.165, 1.54) is 16.0 Å². The Morgan fingerprint density at radius 3 is 2.36 bits per heavy atom. The highest BCUT2D eigenvalue weighted by Gasteiger charge is 2.00. The van der Waals surface area contributed by atoms with E-state index >= 15 is 0 Å². The minimum Gasteiger partial charge on any atom is -0.291 e. The van der Waals surface area contributed by atoms with Gasteiger partial charge in [-0.05, 0) is 18.6 Å². The van der Waals surface area contributed by atoms with Crippen molar-refractivity contribution in [3.8, 4) is 10.4 Å². The Hall–Kier alpha value is -0.930. The van der Waals surface area contributed by atoms with E-state index < -0.39 is 0 Å². The van der Waals surface area contributed by atoms with Crippen molar-refractivity contribution in [2.24, 2.45) is 7.05 Å². The maximum atomic E-state index is 5.17. The van der Waals surface area contributed by atoms with E-state index in [1.807, 2.05) is 17.1 Å². The van der Waals surface area contributed by atoms with Crippen LogP contribution < -0.4 is 0 Å². The first-order valence-electron chi connectivity index (χ1n) is 4.41. The zero-order chi connectivity index (χ0) is 10.1. The number of hydrogen-bond donors (Lipinski definition) is 0. The highest BCUT2D eigenvalue weighted by atomic mass is 32.1. The fraction of sp³-hybridized carbons (Fsp3) is 0.182. The molecule has 72 valence electrons. The first kappa shape index (κ1) is 9.62. The third kappa shape index (κ3) is 1.79. The number of hydrogen-bond acceptors (Lipinski definition) is 2. The predicted octanol–water partition coefficient (Wildman–Crippen LogP) is 3.79. The smallest absolute Gasteiger partial charge is 0.116 e. The van der Waals surface area contributed by atoms with Crippen LogP contribution in [-0.4, -0.2) is 3.96 Å². The molecule has 0 N–H and O–H groups in total. The van der Waals surface area contributed by atoms with Gasteiger partial charge in [-0.2, -0.15) is 0 Å². The van der Waals surface area contributed by atoms with Gasteiger partial charge in [0.2, 0.25) is 0 Å². The molecule has 3 heteroatoms. The second-order valence-electron chi connectivity index (χ2n) is 3.30. The van der Waals surface area contributed by atoms with Crippen LogP contribution in [0.15, 0.2) is 30.3 Å². The molecule has 0 saturated carbocycles. The highest BCUT2D eigenvalue weighted by molar-refractivity contribution is 7.71. The zero-order valence-electron chi connectivity index (χ0n) is 8.15. The lowest BCUT2D eigenvalue weighted by molar-refractivity contribution is 1.01. The van der Waals surface area contributed by atoms with Crippen LogP contribution in [0.5, 0.6) is 0 Å². The van der Waals surface area contributed by atoms with Crippen LogP contribution in [0.1, 0.15) is 5.56 Å². The molecule has 0 fully saturated rings. The molecule has 1 aromatic heterocycles. The summed E-state index contributed by atoms with van der Waals surface area (Å²) in [6, 6.07) is 10.6. The van der Waals surface area contributed by atoms with Gasteiger partial charge < -0.3 is 0 Å². The molecule has 1 nitrogen and oxygen atoms in total. The summed E-state index contributed by atoms with van der Waals surface area (Å²) in [6.07, 6.45) is 0. The monoisotopic (exact) mass is 221 g/mol. The van der Waals surface area contributed by atoms with E-state index in [-0.39, 0.29) is 0 Å². The van der Waals surface area contributed by atoms with Crippen molar-refractivity contribution in [3.05, 3.63) is 40.5 Å². The molecule has 0 aliphatic heterocycles. The quantitative estimate of drug-likeness (QED) is 0.663. The third-order valence-corrected chi connectivity index (χ3v) is 3.66. The zero-order valence-corrected chi connectivity index (χ0v) is 9.78. The summed E-state index contributed by atoms with van der Waals surface area (Å²) in [4.78, 5) is 1.23. The fourth-order valence-corrected chi connectivity index (χ4v) is 2.42. The Labute approximate surface area is 92.8 Å². The van der Waals surface area contributed by atoms with E-state index in [2.05, 4.69) is 31.2 Å². The van der Waals surface area contributed by atoms with E-state index in [4.69, 9.17) is 12.2 Å². The summed E-state index contributed by atoms with van der Waals surface area (Å²) in [7, 11) is 1.99. The Bertz CT molecular complexity index is 491. The van der Waals surface area contributed by atoms with Gasteiger partial charge >= 0.3 is 0 Å². The molecule has 1 aromatic carbocycles. The minimum absolute atomic E-state index is 0.894. The average molecular weight is 221 g/mol. The maximum absolute atomic E-state index is 5.17.